The maximum absolute atomic E-state index is 14.6. The van der Waals surface area contributed by atoms with Crippen LogP contribution >= 0.6 is 0 Å². The first-order chi connectivity index (χ1) is 16.0. The summed E-state index contributed by atoms with van der Waals surface area (Å²) in [6.07, 6.45) is 4.09. The van der Waals surface area contributed by atoms with Crippen LogP contribution < -0.4 is 5.32 Å². The van der Waals surface area contributed by atoms with Crippen LogP contribution in [0.3, 0.4) is 0 Å². The van der Waals surface area contributed by atoms with E-state index in [1.54, 1.807) is 53.6 Å². The highest BCUT2D eigenvalue weighted by atomic mass is 19.1. The number of halogens is 1. The molecule has 2 aromatic carbocycles. The van der Waals surface area contributed by atoms with Crippen molar-refractivity contribution in [2.45, 2.75) is 12.8 Å². The topological polar surface area (TPSA) is 62.3 Å². The van der Waals surface area contributed by atoms with Crippen LogP contribution in [0.2, 0.25) is 0 Å². The van der Waals surface area contributed by atoms with Crippen LogP contribution in [-0.4, -0.2) is 41.3 Å². The standard InChI is InChI=1S/C27H26FN3O2/c1-2-15-30-26(33)27(14-17-31(19-27)25(32)24-13-7-8-16-29-24)18-20-9-3-4-10-21(20)22-11-5-6-12-23(22)28/h2-13,16H,1,14-15,17-19H2,(H,30,33)/t27-/m0/s1. The van der Waals surface area contributed by atoms with Crippen LogP contribution in [0.25, 0.3) is 11.1 Å². The lowest BCUT2D eigenvalue weighted by molar-refractivity contribution is -0.130. The smallest absolute Gasteiger partial charge is 0.272 e. The van der Waals surface area contributed by atoms with E-state index in [9.17, 15) is 14.0 Å². The van der Waals surface area contributed by atoms with E-state index in [2.05, 4.69) is 16.9 Å². The number of hydrogen-bond donors (Lipinski definition) is 1. The molecule has 0 spiro atoms. The second-order valence-electron chi connectivity index (χ2n) is 8.28. The van der Waals surface area contributed by atoms with Gasteiger partial charge in [-0.15, -0.1) is 6.58 Å². The first-order valence-corrected chi connectivity index (χ1v) is 11.0. The molecule has 1 saturated heterocycles. The predicted molar refractivity (Wildman–Crippen MR) is 126 cm³/mol. The molecule has 1 atom stereocenters. The molecule has 6 heteroatoms. The highest BCUT2D eigenvalue weighted by Gasteiger charge is 2.46. The number of carbonyl (C=O) groups excluding carboxylic acids is 2. The highest BCUT2D eigenvalue weighted by molar-refractivity contribution is 5.94. The van der Waals surface area contributed by atoms with Gasteiger partial charge in [-0.1, -0.05) is 54.6 Å². The number of nitrogens with zero attached hydrogens (tertiary/aromatic N) is 2. The van der Waals surface area contributed by atoms with Crippen molar-refractivity contribution in [3.8, 4) is 11.1 Å². The van der Waals surface area contributed by atoms with Gasteiger partial charge < -0.3 is 10.2 Å². The van der Waals surface area contributed by atoms with Gasteiger partial charge in [0.1, 0.15) is 11.5 Å². The Kier molecular flexibility index (Phi) is 6.63. The van der Waals surface area contributed by atoms with Crippen molar-refractivity contribution < 1.29 is 14.0 Å². The Morgan fingerprint density at radius 2 is 1.79 bits per heavy atom. The summed E-state index contributed by atoms with van der Waals surface area (Å²) in [5.74, 6) is -0.646. The first kappa shape index (κ1) is 22.4. The van der Waals surface area contributed by atoms with Gasteiger partial charge in [-0.05, 0) is 42.2 Å². The fourth-order valence-corrected chi connectivity index (χ4v) is 4.44. The van der Waals surface area contributed by atoms with Crippen molar-refractivity contribution in [2.75, 3.05) is 19.6 Å². The number of amides is 2. The third-order valence-electron chi connectivity index (χ3n) is 6.12. The van der Waals surface area contributed by atoms with Crippen molar-refractivity contribution in [3.63, 3.8) is 0 Å². The Balaban J connectivity index is 1.67. The zero-order valence-electron chi connectivity index (χ0n) is 18.3. The summed E-state index contributed by atoms with van der Waals surface area (Å²) in [6.45, 7) is 4.72. The molecule has 0 aliphatic carbocycles. The Bertz CT molecular complexity index is 1160. The van der Waals surface area contributed by atoms with Crippen LogP contribution in [-0.2, 0) is 11.2 Å². The van der Waals surface area contributed by atoms with E-state index in [1.807, 2.05) is 24.3 Å². The molecule has 33 heavy (non-hydrogen) atoms. The summed E-state index contributed by atoms with van der Waals surface area (Å²) in [6, 6.07) is 19.4. The normalized spacial score (nSPS) is 17.5. The second kappa shape index (κ2) is 9.77. The van der Waals surface area contributed by atoms with Gasteiger partial charge in [0.25, 0.3) is 5.91 Å². The quantitative estimate of drug-likeness (QED) is 0.555. The largest absolute Gasteiger partial charge is 0.352 e. The minimum atomic E-state index is -0.838. The van der Waals surface area contributed by atoms with Crippen LogP contribution in [0.5, 0.6) is 0 Å². The molecule has 5 nitrogen and oxygen atoms in total. The Hall–Kier alpha value is -3.80. The van der Waals surface area contributed by atoms with Gasteiger partial charge in [0.2, 0.25) is 5.91 Å². The molecule has 1 N–H and O–H groups in total. The van der Waals surface area contributed by atoms with Gasteiger partial charge in [0, 0.05) is 31.4 Å². The maximum Gasteiger partial charge on any atom is 0.272 e. The Labute approximate surface area is 193 Å². The molecule has 168 valence electrons. The number of likely N-dealkylation sites (tertiary alicyclic amines) is 1. The zero-order valence-corrected chi connectivity index (χ0v) is 18.3. The molecule has 1 aliphatic heterocycles. The molecular weight excluding hydrogens is 417 g/mol. The lowest BCUT2D eigenvalue weighted by atomic mass is 9.78. The minimum absolute atomic E-state index is 0.137. The number of pyridine rings is 1. The SMILES string of the molecule is C=CCNC(=O)[C@]1(Cc2ccccc2-c2ccccc2F)CCN(C(=O)c2ccccn2)C1. The summed E-state index contributed by atoms with van der Waals surface area (Å²) in [5.41, 5.74) is 1.62. The van der Waals surface area contributed by atoms with Crippen LogP contribution in [0, 0.1) is 11.2 Å². The highest BCUT2D eigenvalue weighted by Crippen LogP contribution is 2.38. The van der Waals surface area contributed by atoms with Crippen molar-refractivity contribution in [2.24, 2.45) is 5.41 Å². The second-order valence-corrected chi connectivity index (χ2v) is 8.28. The summed E-state index contributed by atoms with van der Waals surface area (Å²) < 4.78 is 14.6. The molecule has 4 rings (SSSR count). The Morgan fingerprint density at radius 3 is 2.52 bits per heavy atom. The lowest BCUT2D eigenvalue weighted by Crippen LogP contribution is -2.45. The molecule has 0 unspecified atom stereocenters. The Morgan fingerprint density at radius 1 is 1.06 bits per heavy atom. The molecule has 1 fully saturated rings. The maximum atomic E-state index is 14.6. The van der Waals surface area contributed by atoms with Crippen LogP contribution in [0.15, 0.2) is 85.6 Å². The molecule has 0 bridgehead atoms. The van der Waals surface area contributed by atoms with Gasteiger partial charge in [-0.3, -0.25) is 14.6 Å². The molecule has 2 heterocycles. The molecular formula is C27H26FN3O2. The van der Waals surface area contributed by atoms with Gasteiger partial charge in [-0.25, -0.2) is 4.39 Å². The average molecular weight is 444 g/mol. The van der Waals surface area contributed by atoms with Gasteiger partial charge >= 0.3 is 0 Å². The number of aromatic nitrogens is 1. The summed E-state index contributed by atoms with van der Waals surface area (Å²) in [5, 5.41) is 2.92. The van der Waals surface area contributed by atoms with E-state index in [0.717, 1.165) is 11.1 Å². The van der Waals surface area contributed by atoms with Crippen molar-refractivity contribution in [1.29, 1.82) is 0 Å². The van der Waals surface area contributed by atoms with Crippen molar-refractivity contribution >= 4 is 11.8 Å². The van der Waals surface area contributed by atoms with E-state index >= 15 is 0 Å². The lowest BCUT2D eigenvalue weighted by Gasteiger charge is -2.29. The third-order valence-corrected chi connectivity index (χ3v) is 6.12. The van der Waals surface area contributed by atoms with E-state index in [1.165, 1.54) is 6.07 Å². The van der Waals surface area contributed by atoms with Gasteiger partial charge in [-0.2, -0.15) is 0 Å². The van der Waals surface area contributed by atoms with Crippen LogP contribution in [0.1, 0.15) is 22.5 Å². The van der Waals surface area contributed by atoms with Crippen molar-refractivity contribution in [3.05, 3.63) is 103 Å². The average Bonchev–Trinajstić information content (AvgIpc) is 3.28. The van der Waals surface area contributed by atoms with Gasteiger partial charge in [0.15, 0.2) is 0 Å². The number of rotatable bonds is 7. The molecule has 3 aromatic rings. The number of hydrogen-bond acceptors (Lipinski definition) is 3. The van der Waals surface area contributed by atoms with Crippen molar-refractivity contribution in [1.82, 2.24) is 15.2 Å². The monoisotopic (exact) mass is 443 g/mol. The number of nitrogens with one attached hydrogen (secondary N) is 1. The first-order valence-electron chi connectivity index (χ1n) is 11.0. The van der Waals surface area contributed by atoms with E-state index < -0.39 is 5.41 Å². The van der Waals surface area contributed by atoms with E-state index in [0.29, 0.717) is 37.2 Å². The molecule has 1 aliphatic rings. The van der Waals surface area contributed by atoms with E-state index in [-0.39, 0.29) is 24.2 Å². The minimum Gasteiger partial charge on any atom is -0.352 e. The summed E-state index contributed by atoms with van der Waals surface area (Å²) in [4.78, 5) is 32.2. The third kappa shape index (κ3) is 4.70. The summed E-state index contributed by atoms with van der Waals surface area (Å²) >= 11 is 0. The molecule has 0 radical (unpaired) electrons. The van der Waals surface area contributed by atoms with Crippen LogP contribution in [0.4, 0.5) is 4.39 Å². The van der Waals surface area contributed by atoms with Gasteiger partial charge in [0.05, 0.1) is 5.41 Å². The molecule has 2 amide bonds. The molecule has 1 aromatic heterocycles. The molecule has 0 saturated carbocycles. The fourth-order valence-electron chi connectivity index (χ4n) is 4.44. The fraction of sp³-hybridized carbons (Fsp3) is 0.222. The van der Waals surface area contributed by atoms with E-state index in [4.69, 9.17) is 0 Å². The number of carbonyl (C=O) groups is 2. The zero-order chi connectivity index (χ0) is 23.3. The number of benzene rings is 2. The summed E-state index contributed by atoms with van der Waals surface area (Å²) in [7, 11) is 0. The predicted octanol–water partition coefficient (Wildman–Crippen LogP) is 4.26.